The van der Waals surface area contributed by atoms with Crippen molar-refractivity contribution < 1.29 is 19.1 Å². The van der Waals surface area contributed by atoms with E-state index in [0.717, 1.165) is 12.0 Å². The Labute approximate surface area is 128 Å². The van der Waals surface area contributed by atoms with Gasteiger partial charge in [0.05, 0.1) is 7.11 Å². The highest BCUT2D eigenvalue weighted by Crippen LogP contribution is 2.31. The Morgan fingerprint density at radius 3 is 2.71 bits per heavy atom. The summed E-state index contributed by atoms with van der Waals surface area (Å²) in [6.07, 6.45) is 0.616. The van der Waals surface area contributed by atoms with Gasteiger partial charge in [0.2, 0.25) is 0 Å². The minimum Gasteiger partial charge on any atom is -0.465 e. The molecule has 0 aromatic carbocycles. The van der Waals surface area contributed by atoms with Gasteiger partial charge in [-0.1, -0.05) is 0 Å². The van der Waals surface area contributed by atoms with Gasteiger partial charge in [-0.3, -0.25) is 0 Å². The molecule has 6 heteroatoms. The van der Waals surface area contributed by atoms with E-state index in [1.807, 2.05) is 32.2 Å². The molecule has 1 aromatic heterocycles. The number of thiophene rings is 1. The first-order valence-electron chi connectivity index (χ1n) is 6.95. The molecule has 1 unspecified atom stereocenters. The zero-order valence-electron chi connectivity index (χ0n) is 12.8. The van der Waals surface area contributed by atoms with Crippen molar-refractivity contribution in [2.75, 3.05) is 20.2 Å². The van der Waals surface area contributed by atoms with Crippen LogP contribution in [0, 0.1) is 0 Å². The molecule has 0 saturated carbocycles. The Bertz CT molecular complexity index is 532. The largest absolute Gasteiger partial charge is 0.465 e. The van der Waals surface area contributed by atoms with Gasteiger partial charge < -0.3 is 14.4 Å². The third-order valence-electron chi connectivity index (χ3n) is 3.32. The standard InChI is InChI=1S/C15H21NO4S/c1-15(2,3)20-14(18)16-6-5-10(8-16)11-7-12(21-9-11)13(17)19-4/h7,9-10H,5-6,8H2,1-4H3. The monoisotopic (exact) mass is 311 g/mol. The lowest BCUT2D eigenvalue weighted by atomic mass is 10.0. The highest BCUT2D eigenvalue weighted by Gasteiger charge is 2.31. The Hall–Kier alpha value is -1.56. The summed E-state index contributed by atoms with van der Waals surface area (Å²) in [4.78, 5) is 25.8. The molecule has 116 valence electrons. The summed E-state index contributed by atoms with van der Waals surface area (Å²) in [7, 11) is 1.38. The number of amides is 1. The maximum atomic E-state index is 12.0. The third kappa shape index (κ3) is 3.97. The molecule has 0 radical (unpaired) electrons. The lowest BCUT2D eigenvalue weighted by Crippen LogP contribution is -2.35. The van der Waals surface area contributed by atoms with Crippen molar-refractivity contribution in [3.63, 3.8) is 0 Å². The molecule has 1 fully saturated rings. The molecule has 1 aliphatic heterocycles. The number of hydrogen-bond acceptors (Lipinski definition) is 5. The second kappa shape index (κ2) is 6.05. The first kappa shape index (κ1) is 15.8. The van der Waals surface area contributed by atoms with Crippen LogP contribution in [0.15, 0.2) is 11.4 Å². The van der Waals surface area contributed by atoms with E-state index in [1.165, 1.54) is 18.4 Å². The molecule has 0 bridgehead atoms. The molecule has 0 N–H and O–H groups in total. The van der Waals surface area contributed by atoms with E-state index in [0.29, 0.717) is 18.0 Å². The Kier molecular flexibility index (Phi) is 4.56. The molecule has 0 spiro atoms. The van der Waals surface area contributed by atoms with Crippen LogP contribution in [0.25, 0.3) is 0 Å². The van der Waals surface area contributed by atoms with Gasteiger partial charge in [0, 0.05) is 19.0 Å². The average Bonchev–Trinajstić information content (AvgIpc) is 3.04. The maximum Gasteiger partial charge on any atom is 0.410 e. The SMILES string of the molecule is COC(=O)c1cc(C2CCN(C(=O)OC(C)(C)C)C2)cs1. The highest BCUT2D eigenvalue weighted by atomic mass is 32.1. The molecule has 2 rings (SSSR count). The van der Waals surface area contributed by atoms with Crippen LogP contribution in [0.3, 0.4) is 0 Å². The molecule has 5 nitrogen and oxygen atoms in total. The van der Waals surface area contributed by atoms with E-state index >= 15 is 0 Å². The minimum absolute atomic E-state index is 0.257. The van der Waals surface area contributed by atoms with Crippen molar-refractivity contribution in [1.82, 2.24) is 4.90 Å². The zero-order chi connectivity index (χ0) is 15.6. The number of esters is 1. The van der Waals surface area contributed by atoms with Crippen LogP contribution in [-0.2, 0) is 9.47 Å². The Balaban J connectivity index is 1.97. The number of methoxy groups -OCH3 is 1. The van der Waals surface area contributed by atoms with Crippen molar-refractivity contribution in [3.8, 4) is 0 Å². The molecule has 1 aliphatic rings. The molecule has 2 heterocycles. The summed E-state index contributed by atoms with van der Waals surface area (Å²) in [6.45, 7) is 6.90. The van der Waals surface area contributed by atoms with Crippen molar-refractivity contribution in [1.29, 1.82) is 0 Å². The third-order valence-corrected chi connectivity index (χ3v) is 4.25. The second-order valence-corrected chi connectivity index (χ2v) is 7.06. The van der Waals surface area contributed by atoms with Crippen LogP contribution >= 0.6 is 11.3 Å². The number of likely N-dealkylation sites (tertiary alicyclic amines) is 1. The van der Waals surface area contributed by atoms with Gasteiger partial charge in [-0.2, -0.15) is 0 Å². The number of nitrogens with zero attached hydrogens (tertiary/aromatic N) is 1. The van der Waals surface area contributed by atoms with Crippen LogP contribution in [0.5, 0.6) is 0 Å². The number of carbonyl (C=O) groups is 2. The second-order valence-electron chi connectivity index (χ2n) is 6.15. The zero-order valence-corrected chi connectivity index (χ0v) is 13.7. The maximum absolute atomic E-state index is 12.0. The Morgan fingerprint density at radius 2 is 2.10 bits per heavy atom. The van der Waals surface area contributed by atoms with Crippen molar-refractivity contribution in [2.45, 2.75) is 38.7 Å². The summed E-state index contributed by atoms with van der Waals surface area (Å²) in [5.74, 6) is -0.0552. The summed E-state index contributed by atoms with van der Waals surface area (Å²) in [5.41, 5.74) is 0.613. The van der Waals surface area contributed by atoms with E-state index in [1.54, 1.807) is 4.90 Å². The van der Waals surface area contributed by atoms with Gasteiger partial charge in [-0.15, -0.1) is 11.3 Å². The van der Waals surface area contributed by atoms with E-state index < -0.39 is 5.60 Å². The van der Waals surface area contributed by atoms with E-state index in [2.05, 4.69) is 0 Å². The highest BCUT2D eigenvalue weighted by molar-refractivity contribution is 7.12. The van der Waals surface area contributed by atoms with E-state index in [-0.39, 0.29) is 18.0 Å². The van der Waals surface area contributed by atoms with Crippen LogP contribution < -0.4 is 0 Å². The van der Waals surface area contributed by atoms with Crippen molar-refractivity contribution in [3.05, 3.63) is 21.9 Å². The fourth-order valence-corrected chi connectivity index (χ4v) is 3.20. The van der Waals surface area contributed by atoms with Gasteiger partial charge in [0.1, 0.15) is 10.5 Å². The Morgan fingerprint density at radius 1 is 1.38 bits per heavy atom. The molecule has 1 amide bonds. The van der Waals surface area contributed by atoms with Gasteiger partial charge in [0.25, 0.3) is 0 Å². The predicted molar refractivity (Wildman–Crippen MR) is 80.8 cm³/mol. The van der Waals surface area contributed by atoms with Gasteiger partial charge >= 0.3 is 12.1 Å². The molecule has 1 aromatic rings. The van der Waals surface area contributed by atoms with Crippen LogP contribution in [0.4, 0.5) is 4.79 Å². The average molecular weight is 311 g/mol. The summed E-state index contributed by atoms with van der Waals surface area (Å²) >= 11 is 1.38. The van der Waals surface area contributed by atoms with Crippen LogP contribution in [0.1, 0.15) is 48.3 Å². The lowest BCUT2D eigenvalue weighted by molar-refractivity contribution is 0.0292. The predicted octanol–water partition coefficient (Wildman–Crippen LogP) is 3.26. The smallest absolute Gasteiger partial charge is 0.410 e. The van der Waals surface area contributed by atoms with Gasteiger partial charge in [-0.25, -0.2) is 9.59 Å². The molecular formula is C15H21NO4S. The normalized spacial score (nSPS) is 18.7. The lowest BCUT2D eigenvalue weighted by Gasteiger charge is -2.24. The van der Waals surface area contributed by atoms with E-state index in [4.69, 9.17) is 9.47 Å². The number of carbonyl (C=O) groups excluding carboxylic acids is 2. The molecule has 1 atom stereocenters. The van der Waals surface area contributed by atoms with E-state index in [9.17, 15) is 9.59 Å². The molecule has 21 heavy (non-hydrogen) atoms. The molecule has 0 aliphatic carbocycles. The minimum atomic E-state index is -0.477. The summed E-state index contributed by atoms with van der Waals surface area (Å²) in [6, 6.07) is 1.86. The number of hydrogen-bond donors (Lipinski definition) is 0. The number of rotatable bonds is 2. The van der Waals surface area contributed by atoms with Crippen LogP contribution in [-0.4, -0.2) is 42.8 Å². The van der Waals surface area contributed by atoms with Crippen molar-refractivity contribution in [2.24, 2.45) is 0 Å². The van der Waals surface area contributed by atoms with Crippen LogP contribution in [0.2, 0.25) is 0 Å². The topological polar surface area (TPSA) is 55.8 Å². The fraction of sp³-hybridized carbons (Fsp3) is 0.600. The fourth-order valence-electron chi connectivity index (χ4n) is 2.30. The van der Waals surface area contributed by atoms with Gasteiger partial charge in [-0.05, 0) is 44.2 Å². The number of ether oxygens (including phenoxy) is 2. The molecule has 1 saturated heterocycles. The van der Waals surface area contributed by atoms with Crippen molar-refractivity contribution >= 4 is 23.4 Å². The summed E-state index contributed by atoms with van der Waals surface area (Å²) < 4.78 is 10.1. The molecular weight excluding hydrogens is 290 g/mol. The van der Waals surface area contributed by atoms with Gasteiger partial charge in [0.15, 0.2) is 0 Å². The first-order chi connectivity index (χ1) is 9.80. The summed E-state index contributed by atoms with van der Waals surface area (Å²) in [5, 5.41) is 1.97. The first-order valence-corrected chi connectivity index (χ1v) is 7.83. The quantitative estimate of drug-likeness (QED) is 0.787.